The number of aryl methyl sites for hydroxylation is 1. The monoisotopic (exact) mass is 437 g/mol. The van der Waals surface area contributed by atoms with Crippen LogP contribution in [0, 0.1) is 0 Å². The Morgan fingerprint density at radius 1 is 0.938 bits per heavy atom. The van der Waals surface area contributed by atoms with Gasteiger partial charge in [0.1, 0.15) is 18.1 Å². The average Bonchev–Trinajstić information content (AvgIpc) is 2.83. The van der Waals surface area contributed by atoms with Gasteiger partial charge in [-0.15, -0.1) is 0 Å². The summed E-state index contributed by atoms with van der Waals surface area (Å²) < 4.78 is 21.9. The Hall–Kier alpha value is -3.68. The largest absolute Gasteiger partial charge is 0.497 e. The molecule has 0 spiro atoms. The number of hydrogen-bond donors (Lipinski definition) is 0. The van der Waals surface area contributed by atoms with E-state index in [4.69, 9.17) is 18.9 Å². The number of hydrogen-bond acceptors (Lipinski definition) is 8. The zero-order valence-corrected chi connectivity index (χ0v) is 18.8. The zero-order chi connectivity index (χ0) is 22.9. The molecule has 0 atom stereocenters. The third-order valence-corrected chi connectivity index (χ3v) is 4.61. The summed E-state index contributed by atoms with van der Waals surface area (Å²) in [5.74, 6) is 1.68. The van der Waals surface area contributed by atoms with Gasteiger partial charge in [0.25, 0.3) is 0 Å². The van der Waals surface area contributed by atoms with E-state index in [2.05, 4.69) is 15.0 Å². The summed E-state index contributed by atoms with van der Waals surface area (Å²) >= 11 is 0. The van der Waals surface area contributed by atoms with Gasteiger partial charge in [-0.2, -0.15) is 0 Å². The second kappa shape index (κ2) is 11.1. The van der Waals surface area contributed by atoms with Crippen molar-refractivity contribution in [1.29, 1.82) is 0 Å². The van der Waals surface area contributed by atoms with Crippen LogP contribution in [0.3, 0.4) is 0 Å². The van der Waals surface area contributed by atoms with Crippen molar-refractivity contribution in [3.63, 3.8) is 0 Å². The molecule has 0 radical (unpaired) electrons. The Labute approximate surface area is 187 Å². The molecule has 3 rings (SSSR count). The highest BCUT2D eigenvalue weighted by molar-refractivity contribution is 5.90. The van der Waals surface area contributed by atoms with Gasteiger partial charge >= 0.3 is 5.97 Å². The molecule has 0 saturated carbocycles. The molecule has 1 aromatic carbocycles. The fraction of sp³-hybridized carbons (Fsp3) is 0.333. The molecule has 0 unspecified atom stereocenters. The maximum atomic E-state index is 12.2. The molecular weight excluding hydrogens is 410 g/mol. The molecule has 8 heteroatoms. The average molecular weight is 437 g/mol. The van der Waals surface area contributed by atoms with Crippen LogP contribution in [0.15, 0.2) is 42.7 Å². The van der Waals surface area contributed by atoms with Crippen molar-refractivity contribution in [2.45, 2.75) is 33.8 Å². The lowest BCUT2D eigenvalue weighted by Gasteiger charge is -2.13. The summed E-state index contributed by atoms with van der Waals surface area (Å²) in [5.41, 5.74) is 2.49. The molecule has 8 nitrogen and oxygen atoms in total. The van der Waals surface area contributed by atoms with E-state index in [0.29, 0.717) is 53.9 Å². The molecule has 2 heterocycles. The summed E-state index contributed by atoms with van der Waals surface area (Å²) in [4.78, 5) is 25.6. The van der Waals surface area contributed by atoms with Crippen molar-refractivity contribution in [1.82, 2.24) is 15.0 Å². The van der Waals surface area contributed by atoms with E-state index in [1.54, 1.807) is 26.3 Å². The minimum absolute atomic E-state index is 0.285. The summed E-state index contributed by atoms with van der Waals surface area (Å²) in [6.45, 7) is 6.66. The van der Waals surface area contributed by atoms with Crippen LogP contribution in [0.5, 0.6) is 17.4 Å². The molecule has 0 N–H and O–H groups in total. The third kappa shape index (κ3) is 5.51. The Kier molecular flexibility index (Phi) is 7.96. The van der Waals surface area contributed by atoms with Crippen LogP contribution < -0.4 is 14.2 Å². The van der Waals surface area contributed by atoms with Gasteiger partial charge in [-0.3, -0.25) is 0 Å². The van der Waals surface area contributed by atoms with Gasteiger partial charge < -0.3 is 18.9 Å². The number of esters is 1. The molecule has 0 bridgehead atoms. The van der Waals surface area contributed by atoms with Gasteiger partial charge in [-0.25, -0.2) is 19.7 Å². The Morgan fingerprint density at radius 2 is 1.72 bits per heavy atom. The molecule has 0 saturated heterocycles. The number of carbonyl (C=O) groups excluding carboxylic acids is 1. The van der Waals surface area contributed by atoms with E-state index < -0.39 is 5.97 Å². The number of carbonyl (C=O) groups is 1. The molecular formula is C24H27N3O5. The summed E-state index contributed by atoms with van der Waals surface area (Å²) in [7, 11) is 1.62. The van der Waals surface area contributed by atoms with E-state index in [1.807, 2.05) is 38.1 Å². The fourth-order valence-corrected chi connectivity index (χ4v) is 3.02. The van der Waals surface area contributed by atoms with E-state index in [0.717, 1.165) is 11.3 Å². The molecule has 32 heavy (non-hydrogen) atoms. The fourth-order valence-electron chi connectivity index (χ4n) is 3.02. The van der Waals surface area contributed by atoms with Crippen molar-refractivity contribution >= 4 is 5.97 Å². The van der Waals surface area contributed by atoms with Crippen molar-refractivity contribution in [3.05, 3.63) is 59.5 Å². The smallest absolute Gasteiger partial charge is 0.341 e. The standard InChI is InChI=1S/C24H27N3O5/c1-5-21-20(24(28)31-7-3)14-25-22(27-21)19-12-18(30-6-2)13-26-23(19)32-15-16-8-10-17(29-4)11-9-16/h8-14H,5-7,15H2,1-4H3. The number of benzene rings is 1. The highest BCUT2D eigenvalue weighted by Gasteiger charge is 2.19. The van der Waals surface area contributed by atoms with Crippen molar-refractivity contribution in [2.75, 3.05) is 20.3 Å². The summed E-state index contributed by atoms with van der Waals surface area (Å²) in [6, 6.07) is 9.38. The molecule has 0 aliphatic heterocycles. The predicted molar refractivity (Wildman–Crippen MR) is 119 cm³/mol. The predicted octanol–water partition coefficient (Wildman–Crippen LogP) is 4.26. The highest BCUT2D eigenvalue weighted by atomic mass is 16.5. The number of pyridine rings is 1. The van der Waals surface area contributed by atoms with Crippen molar-refractivity contribution in [2.24, 2.45) is 0 Å². The third-order valence-electron chi connectivity index (χ3n) is 4.61. The maximum absolute atomic E-state index is 12.2. The molecule has 168 valence electrons. The number of nitrogens with zero attached hydrogens (tertiary/aromatic N) is 3. The van der Waals surface area contributed by atoms with E-state index in [9.17, 15) is 4.79 Å². The van der Waals surface area contributed by atoms with Crippen LogP contribution in [-0.2, 0) is 17.8 Å². The van der Waals surface area contributed by atoms with Crippen LogP contribution in [-0.4, -0.2) is 41.2 Å². The second-order valence-corrected chi connectivity index (χ2v) is 6.72. The van der Waals surface area contributed by atoms with Crippen molar-refractivity contribution in [3.8, 4) is 28.8 Å². The van der Waals surface area contributed by atoms with Gasteiger partial charge in [0.15, 0.2) is 5.82 Å². The molecule has 0 fully saturated rings. The normalized spacial score (nSPS) is 10.5. The van der Waals surface area contributed by atoms with Gasteiger partial charge in [-0.05, 0) is 44.0 Å². The van der Waals surface area contributed by atoms with E-state index in [-0.39, 0.29) is 6.61 Å². The number of ether oxygens (including phenoxy) is 4. The van der Waals surface area contributed by atoms with Crippen LogP contribution in [0.4, 0.5) is 0 Å². The zero-order valence-electron chi connectivity index (χ0n) is 18.8. The lowest BCUT2D eigenvalue weighted by atomic mass is 10.1. The first-order valence-electron chi connectivity index (χ1n) is 10.5. The quantitative estimate of drug-likeness (QED) is 0.434. The van der Waals surface area contributed by atoms with Crippen LogP contribution in [0.25, 0.3) is 11.4 Å². The molecule has 0 amide bonds. The summed E-state index contributed by atoms with van der Waals surface area (Å²) in [5, 5.41) is 0. The Balaban J connectivity index is 1.94. The first kappa shape index (κ1) is 23.0. The lowest BCUT2D eigenvalue weighted by Crippen LogP contribution is -2.11. The minimum Gasteiger partial charge on any atom is -0.497 e. The molecule has 2 aromatic heterocycles. The highest BCUT2D eigenvalue weighted by Crippen LogP contribution is 2.30. The van der Waals surface area contributed by atoms with Gasteiger partial charge in [0.05, 0.1) is 43.3 Å². The molecule has 3 aromatic rings. The topological polar surface area (TPSA) is 92.7 Å². The van der Waals surface area contributed by atoms with Crippen LogP contribution in [0.2, 0.25) is 0 Å². The number of aromatic nitrogens is 3. The molecule has 0 aliphatic rings. The van der Waals surface area contributed by atoms with Crippen molar-refractivity contribution < 1.29 is 23.7 Å². The van der Waals surface area contributed by atoms with Crippen LogP contribution >= 0.6 is 0 Å². The molecule has 0 aliphatic carbocycles. The number of rotatable bonds is 10. The van der Waals surface area contributed by atoms with Gasteiger partial charge in [0, 0.05) is 6.20 Å². The Bertz CT molecular complexity index is 1050. The lowest BCUT2D eigenvalue weighted by molar-refractivity contribution is 0.0524. The maximum Gasteiger partial charge on any atom is 0.341 e. The van der Waals surface area contributed by atoms with Gasteiger partial charge in [-0.1, -0.05) is 19.1 Å². The van der Waals surface area contributed by atoms with Crippen LogP contribution in [0.1, 0.15) is 42.4 Å². The number of methoxy groups -OCH3 is 1. The first-order chi connectivity index (χ1) is 15.6. The second-order valence-electron chi connectivity index (χ2n) is 6.72. The van der Waals surface area contributed by atoms with E-state index >= 15 is 0 Å². The van der Waals surface area contributed by atoms with Gasteiger partial charge in [0.2, 0.25) is 5.88 Å². The van der Waals surface area contributed by atoms with E-state index in [1.165, 1.54) is 6.20 Å². The Morgan fingerprint density at radius 3 is 2.38 bits per heavy atom. The summed E-state index contributed by atoms with van der Waals surface area (Å²) in [6.07, 6.45) is 3.63. The first-order valence-corrected chi connectivity index (χ1v) is 10.5. The SMILES string of the molecule is CCOC(=O)c1cnc(-c2cc(OCC)cnc2OCc2ccc(OC)cc2)nc1CC. The minimum atomic E-state index is -0.437.